The minimum absolute atomic E-state index is 0.719. The second-order valence-corrected chi connectivity index (χ2v) is 8.15. The number of hydrogen-bond donors (Lipinski definition) is 1. The van der Waals surface area contributed by atoms with E-state index in [9.17, 15) is 0 Å². The molecule has 0 saturated heterocycles. The van der Waals surface area contributed by atoms with Gasteiger partial charge in [-0.1, -0.05) is 30.2 Å². The molecule has 21 heavy (non-hydrogen) atoms. The van der Waals surface area contributed by atoms with Crippen molar-refractivity contribution >= 4 is 11.6 Å². The summed E-state index contributed by atoms with van der Waals surface area (Å²) in [4.78, 5) is 0. The highest BCUT2D eigenvalue weighted by Gasteiger charge is 2.43. The zero-order valence-corrected chi connectivity index (χ0v) is 13.7. The molecule has 1 nitrogen and oxygen atoms in total. The molecule has 3 saturated carbocycles. The molecule has 4 unspecified atom stereocenters. The minimum Gasteiger partial charge on any atom is -0.311 e. The fourth-order valence-corrected chi connectivity index (χ4v) is 5.29. The van der Waals surface area contributed by atoms with Crippen LogP contribution in [0.4, 0.5) is 0 Å². The first-order chi connectivity index (χ1) is 10.2. The molecule has 3 fully saturated rings. The Bertz CT molecular complexity index is 491. The van der Waals surface area contributed by atoms with Crippen molar-refractivity contribution in [1.29, 1.82) is 0 Å². The van der Waals surface area contributed by atoms with Crippen LogP contribution in [0, 0.1) is 17.8 Å². The lowest BCUT2D eigenvalue weighted by Crippen LogP contribution is -2.48. The number of fused-ring (bicyclic) bond motifs is 2. The fraction of sp³-hybridized carbons (Fsp3) is 0.684. The first-order valence-electron chi connectivity index (χ1n) is 8.70. The molecule has 114 valence electrons. The van der Waals surface area contributed by atoms with Crippen LogP contribution in [0.2, 0.25) is 5.02 Å². The van der Waals surface area contributed by atoms with Crippen LogP contribution in [0.1, 0.15) is 56.9 Å². The third-order valence-corrected chi connectivity index (χ3v) is 6.67. The molecule has 0 amide bonds. The van der Waals surface area contributed by atoms with Crippen molar-refractivity contribution in [2.45, 2.75) is 63.5 Å². The van der Waals surface area contributed by atoms with E-state index in [1.807, 2.05) is 12.1 Å². The van der Waals surface area contributed by atoms with Gasteiger partial charge < -0.3 is 5.32 Å². The molecule has 2 bridgehead atoms. The van der Waals surface area contributed by atoms with Gasteiger partial charge in [0.25, 0.3) is 0 Å². The SMILES string of the molecule is CC(NC1CC(c2ccc(Cl)cc2)C1)C1CC2CCC1C2. The lowest BCUT2D eigenvalue weighted by molar-refractivity contribution is 0.200. The van der Waals surface area contributed by atoms with Crippen LogP contribution in [0.15, 0.2) is 24.3 Å². The molecular weight excluding hydrogens is 278 g/mol. The molecule has 2 heteroatoms. The monoisotopic (exact) mass is 303 g/mol. The van der Waals surface area contributed by atoms with E-state index in [1.165, 1.54) is 44.1 Å². The van der Waals surface area contributed by atoms with E-state index in [0.29, 0.717) is 0 Å². The number of halogens is 1. The predicted octanol–water partition coefficient (Wildman–Crippen LogP) is 5.00. The molecule has 0 aromatic heterocycles. The van der Waals surface area contributed by atoms with E-state index >= 15 is 0 Å². The molecule has 1 N–H and O–H groups in total. The Labute approximate surface area is 133 Å². The Morgan fingerprint density at radius 1 is 1.05 bits per heavy atom. The van der Waals surface area contributed by atoms with Crippen LogP contribution in [-0.4, -0.2) is 12.1 Å². The third-order valence-electron chi connectivity index (χ3n) is 6.41. The summed E-state index contributed by atoms with van der Waals surface area (Å²) in [5.41, 5.74) is 1.46. The van der Waals surface area contributed by atoms with Gasteiger partial charge in [-0.05, 0) is 80.4 Å². The summed E-state index contributed by atoms with van der Waals surface area (Å²) in [6, 6.07) is 9.90. The first-order valence-corrected chi connectivity index (χ1v) is 9.08. The highest BCUT2D eigenvalue weighted by molar-refractivity contribution is 6.30. The molecule has 3 aliphatic rings. The summed E-state index contributed by atoms with van der Waals surface area (Å²) < 4.78 is 0. The van der Waals surface area contributed by atoms with Crippen molar-refractivity contribution < 1.29 is 0 Å². The maximum absolute atomic E-state index is 5.97. The number of nitrogens with one attached hydrogen (secondary N) is 1. The molecule has 0 aliphatic heterocycles. The van der Waals surface area contributed by atoms with Gasteiger partial charge in [0.05, 0.1) is 0 Å². The van der Waals surface area contributed by atoms with Crippen molar-refractivity contribution in [2.75, 3.05) is 0 Å². The van der Waals surface area contributed by atoms with Crippen LogP contribution in [0.5, 0.6) is 0 Å². The second-order valence-electron chi connectivity index (χ2n) is 7.71. The van der Waals surface area contributed by atoms with Crippen LogP contribution >= 0.6 is 11.6 Å². The summed E-state index contributed by atoms with van der Waals surface area (Å²) in [5, 5.41) is 4.77. The van der Waals surface area contributed by atoms with Gasteiger partial charge in [-0.2, -0.15) is 0 Å². The molecule has 0 radical (unpaired) electrons. The van der Waals surface area contributed by atoms with E-state index in [0.717, 1.165) is 40.8 Å². The van der Waals surface area contributed by atoms with Gasteiger partial charge in [-0.25, -0.2) is 0 Å². The molecule has 0 heterocycles. The molecule has 1 aromatic carbocycles. The molecule has 4 atom stereocenters. The summed E-state index contributed by atoms with van der Waals surface area (Å²) in [6.45, 7) is 2.43. The number of hydrogen-bond acceptors (Lipinski definition) is 1. The Morgan fingerprint density at radius 2 is 1.81 bits per heavy atom. The van der Waals surface area contributed by atoms with E-state index in [2.05, 4.69) is 24.4 Å². The van der Waals surface area contributed by atoms with E-state index in [4.69, 9.17) is 11.6 Å². The molecule has 4 rings (SSSR count). The highest BCUT2D eigenvalue weighted by atomic mass is 35.5. The smallest absolute Gasteiger partial charge is 0.0406 e. The maximum atomic E-state index is 5.97. The van der Waals surface area contributed by atoms with Gasteiger partial charge >= 0.3 is 0 Å². The summed E-state index contributed by atoms with van der Waals surface area (Å²) in [7, 11) is 0. The normalized spacial score (nSPS) is 39.2. The van der Waals surface area contributed by atoms with Crippen LogP contribution in [-0.2, 0) is 0 Å². The van der Waals surface area contributed by atoms with Crippen molar-refractivity contribution in [1.82, 2.24) is 5.32 Å². The number of benzene rings is 1. The van der Waals surface area contributed by atoms with Gasteiger partial charge in [0, 0.05) is 17.1 Å². The van der Waals surface area contributed by atoms with Crippen LogP contribution in [0.25, 0.3) is 0 Å². The largest absolute Gasteiger partial charge is 0.311 e. The van der Waals surface area contributed by atoms with Crippen LogP contribution in [0.3, 0.4) is 0 Å². The maximum Gasteiger partial charge on any atom is 0.0406 e. The average Bonchev–Trinajstić information content (AvgIpc) is 3.06. The van der Waals surface area contributed by atoms with E-state index in [-0.39, 0.29) is 0 Å². The lowest BCUT2D eigenvalue weighted by Gasteiger charge is -2.40. The zero-order chi connectivity index (χ0) is 14.4. The Balaban J connectivity index is 1.27. The third kappa shape index (κ3) is 2.75. The summed E-state index contributed by atoms with van der Waals surface area (Å²) in [5.74, 6) is 3.79. The zero-order valence-electron chi connectivity index (χ0n) is 12.9. The lowest BCUT2D eigenvalue weighted by atomic mass is 9.74. The molecule has 1 aromatic rings. The highest BCUT2D eigenvalue weighted by Crippen LogP contribution is 2.50. The van der Waals surface area contributed by atoms with Gasteiger partial charge in [0.15, 0.2) is 0 Å². The second kappa shape index (κ2) is 5.59. The van der Waals surface area contributed by atoms with Gasteiger partial charge in [0.2, 0.25) is 0 Å². The summed E-state index contributed by atoms with van der Waals surface area (Å²) >= 11 is 5.97. The Kier molecular flexibility index (Phi) is 3.75. The first kappa shape index (κ1) is 14.1. The predicted molar refractivity (Wildman–Crippen MR) is 88.8 cm³/mol. The average molecular weight is 304 g/mol. The minimum atomic E-state index is 0.719. The number of rotatable bonds is 4. The van der Waals surface area contributed by atoms with E-state index in [1.54, 1.807) is 0 Å². The molecule has 3 aliphatic carbocycles. The van der Waals surface area contributed by atoms with Crippen LogP contribution < -0.4 is 5.32 Å². The quantitative estimate of drug-likeness (QED) is 0.825. The topological polar surface area (TPSA) is 12.0 Å². The van der Waals surface area contributed by atoms with Gasteiger partial charge in [-0.15, -0.1) is 0 Å². The van der Waals surface area contributed by atoms with Crippen molar-refractivity contribution in [2.24, 2.45) is 17.8 Å². The molecule has 0 spiro atoms. The standard InChI is InChI=1S/C19H26ClN/c1-12(19-9-13-2-3-15(19)8-13)21-18-10-16(11-18)14-4-6-17(20)7-5-14/h4-7,12-13,15-16,18-19,21H,2-3,8-11H2,1H3. The summed E-state index contributed by atoms with van der Waals surface area (Å²) in [6.07, 6.45) is 8.62. The molecular formula is C19H26ClN. The van der Waals surface area contributed by atoms with E-state index < -0.39 is 0 Å². The van der Waals surface area contributed by atoms with Gasteiger partial charge in [-0.3, -0.25) is 0 Å². The fourth-order valence-electron chi connectivity index (χ4n) is 5.16. The Hall–Kier alpha value is -0.530. The van der Waals surface area contributed by atoms with Crippen molar-refractivity contribution in [3.8, 4) is 0 Å². The van der Waals surface area contributed by atoms with Gasteiger partial charge in [0.1, 0.15) is 0 Å². The van der Waals surface area contributed by atoms with Crippen molar-refractivity contribution in [3.05, 3.63) is 34.9 Å². The van der Waals surface area contributed by atoms with Crippen molar-refractivity contribution in [3.63, 3.8) is 0 Å². The Morgan fingerprint density at radius 3 is 2.43 bits per heavy atom.